The maximum absolute atomic E-state index is 13.1. The first-order valence-electron chi connectivity index (χ1n) is 8.62. The van der Waals surface area contributed by atoms with E-state index in [4.69, 9.17) is 11.6 Å². The number of rotatable bonds is 3. The van der Waals surface area contributed by atoms with Crippen LogP contribution in [0.25, 0.3) is 5.69 Å². The number of hydrogen-bond donors (Lipinski definition) is 1. The molecule has 7 heteroatoms. The Morgan fingerprint density at radius 1 is 1.26 bits per heavy atom. The molecule has 1 amide bonds. The molecule has 1 N–H and O–H groups in total. The number of benzene rings is 1. The van der Waals surface area contributed by atoms with Crippen LogP contribution >= 0.6 is 22.9 Å². The summed E-state index contributed by atoms with van der Waals surface area (Å²) < 4.78 is 2.30. The Hall–Kier alpha value is -2.44. The summed E-state index contributed by atoms with van der Waals surface area (Å²) in [5.41, 5.74) is 4.64. The number of nitrogens with zero attached hydrogens (tertiary/aromatic N) is 2. The molecule has 3 aromatic rings. The van der Waals surface area contributed by atoms with Crippen LogP contribution in [0.15, 0.2) is 30.3 Å². The van der Waals surface area contributed by atoms with Crippen molar-refractivity contribution in [2.24, 2.45) is 0 Å². The van der Waals surface area contributed by atoms with Crippen LogP contribution in [-0.2, 0) is 4.79 Å². The van der Waals surface area contributed by atoms with Crippen molar-refractivity contribution < 1.29 is 9.59 Å². The molecule has 0 unspecified atom stereocenters. The number of carbonyl (C=O) groups excluding carboxylic acids is 2. The van der Waals surface area contributed by atoms with Crippen LogP contribution in [0.4, 0.5) is 5.82 Å². The Morgan fingerprint density at radius 3 is 2.74 bits per heavy atom. The first-order valence-corrected chi connectivity index (χ1v) is 9.81. The Labute approximate surface area is 166 Å². The Kier molecular flexibility index (Phi) is 4.40. The van der Waals surface area contributed by atoms with Gasteiger partial charge in [0.1, 0.15) is 5.82 Å². The average molecular weight is 400 g/mol. The third-order valence-corrected chi connectivity index (χ3v) is 6.28. The van der Waals surface area contributed by atoms with Gasteiger partial charge in [0.05, 0.1) is 26.5 Å². The van der Waals surface area contributed by atoms with Gasteiger partial charge in [-0.05, 0) is 50.1 Å². The van der Waals surface area contributed by atoms with Gasteiger partial charge in [-0.25, -0.2) is 4.68 Å². The summed E-state index contributed by atoms with van der Waals surface area (Å²) in [6.07, 6.45) is 0.112. The second-order valence-corrected chi connectivity index (χ2v) is 8.47. The molecule has 0 bridgehead atoms. The fraction of sp³-hybridized carbons (Fsp3) is 0.250. The summed E-state index contributed by atoms with van der Waals surface area (Å²) in [6, 6.07) is 9.38. The summed E-state index contributed by atoms with van der Waals surface area (Å²) in [5, 5.41) is 7.58. The van der Waals surface area contributed by atoms with E-state index in [2.05, 4.69) is 10.4 Å². The van der Waals surface area contributed by atoms with Gasteiger partial charge in [-0.2, -0.15) is 5.10 Å². The molecule has 1 aliphatic rings. The molecule has 0 saturated heterocycles. The molecule has 1 aliphatic heterocycles. The highest BCUT2D eigenvalue weighted by Crippen LogP contribution is 2.40. The summed E-state index contributed by atoms with van der Waals surface area (Å²) in [4.78, 5) is 26.0. The molecule has 0 fully saturated rings. The first-order chi connectivity index (χ1) is 12.9. The molecular weight excluding hydrogens is 382 g/mol. The van der Waals surface area contributed by atoms with Gasteiger partial charge in [-0.1, -0.05) is 23.7 Å². The van der Waals surface area contributed by atoms with E-state index >= 15 is 0 Å². The predicted molar refractivity (Wildman–Crippen MR) is 107 cm³/mol. The molecule has 0 aliphatic carbocycles. The van der Waals surface area contributed by atoms with Gasteiger partial charge in [0.25, 0.3) is 0 Å². The van der Waals surface area contributed by atoms with Crippen molar-refractivity contribution in [1.29, 1.82) is 0 Å². The minimum absolute atomic E-state index is 0.0911. The fourth-order valence-electron chi connectivity index (χ4n) is 3.53. The Bertz CT molecular complexity index is 1080. The largest absolute Gasteiger partial charge is 0.310 e. The van der Waals surface area contributed by atoms with Crippen LogP contribution in [-0.4, -0.2) is 21.5 Å². The highest BCUT2D eigenvalue weighted by Gasteiger charge is 2.37. The zero-order chi connectivity index (χ0) is 19.3. The Balaban J connectivity index is 1.86. The van der Waals surface area contributed by atoms with Crippen molar-refractivity contribution in [3.63, 3.8) is 0 Å². The number of aromatic nitrogens is 2. The molecule has 1 atom stereocenters. The number of ketones is 1. The zero-order valence-corrected chi connectivity index (χ0v) is 16.7. The molecule has 1 aromatic carbocycles. The van der Waals surface area contributed by atoms with Crippen molar-refractivity contribution in [2.75, 3.05) is 5.32 Å². The van der Waals surface area contributed by atoms with Crippen molar-refractivity contribution in [3.8, 4) is 5.69 Å². The van der Waals surface area contributed by atoms with Gasteiger partial charge in [0.15, 0.2) is 5.78 Å². The standard InChI is InChI=1S/C20H18ClN3O2S/c1-10-5-4-6-14(11(10)2)24-20-18(12(3)23-24)13(9-17(25)22-20)19(26)15-7-8-16(21)27-15/h4-8,13H,9H2,1-3H3,(H,22,25)/t13-/m0/s1. The highest BCUT2D eigenvalue weighted by molar-refractivity contribution is 7.18. The van der Waals surface area contributed by atoms with Crippen LogP contribution in [0.5, 0.6) is 0 Å². The number of hydrogen-bond acceptors (Lipinski definition) is 4. The first kappa shape index (κ1) is 17.9. The van der Waals surface area contributed by atoms with Crippen LogP contribution in [0.2, 0.25) is 4.34 Å². The number of anilines is 1. The van der Waals surface area contributed by atoms with Crippen molar-refractivity contribution in [1.82, 2.24) is 9.78 Å². The van der Waals surface area contributed by atoms with E-state index < -0.39 is 5.92 Å². The quantitative estimate of drug-likeness (QED) is 0.642. The average Bonchev–Trinajstić information content (AvgIpc) is 3.20. The number of nitrogens with one attached hydrogen (secondary N) is 1. The second-order valence-electron chi connectivity index (χ2n) is 6.75. The van der Waals surface area contributed by atoms with Gasteiger partial charge in [0.2, 0.25) is 5.91 Å². The molecule has 5 nitrogen and oxygen atoms in total. The van der Waals surface area contributed by atoms with E-state index in [-0.39, 0.29) is 18.1 Å². The number of fused-ring (bicyclic) bond motifs is 1. The van der Waals surface area contributed by atoms with Crippen molar-refractivity contribution in [2.45, 2.75) is 33.1 Å². The van der Waals surface area contributed by atoms with E-state index in [0.717, 1.165) is 28.1 Å². The third kappa shape index (κ3) is 2.99. The lowest BCUT2D eigenvalue weighted by atomic mass is 9.87. The van der Waals surface area contributed by atoms with E-state index in [1.165, 1.54) is 11.3 Å². The molecule has 0 saturated carbocycles. The molecule has 4 rings (SSSR count). The summed E-state index contributed by atoms with van der Waals surface area (Å²) >= 11 is 7.23. The number of amides is 1. The lowest BCUT2D eigenvalue weighted by Crippen LogP contribution is -2.28. The predicted octanol–water partition coefficient (Wildman–Crippen LogP) is 4.82. The minimum Gasteiger partial charge on any atom is -0.310 e. The highest BCUT2D eigenvalue weighted by atomic mass is 35.5. The molecule has 138 valence electrons. The van der Waals surface area contributed by atoms with E-state index in [9.17, 15) is 9.59 Å². The second kappa shape index (κ2) is 6.62. The van der Waals surface area contributed by atoms with Crippen LogP contribution in [0, 0.1) is 20.8 Å². The zero-order valence-electron chi connectivity index (χ0n) is 15.2. The lowest BCUT2D eigenvalue weighted by Gasteiger charge is -2.23. The van der Waals surface area contributed by atoms with Crippen molar-refractivity contribution >= 4 is 40.4 Å². The van der Waals surface area contributed by atoms with Gasteiger partial charge in [-0.15, -0.1) is 11.3 Å². The molecule has 3 heterocycles. The molecule has 27 heavy (non-hydrogen) atoms. The van der Waals surface area contributed by atoms with Crippen molar-refractivity contribution in [3.05, 3.63) is 61.9 Å². The molecule has 2 aromatic heterocycles. The lowest BCUT2D eigenvalue weighted by molar-refractivity contribution is -0.116. The monoisotopic (exact) mass is 399 g/mol. The molecule has 0 spiro atoms. The van der Waals surface area contributed by atoms with Crippen LogP contribution < -0.4 is 5.32 Å². The van der Waals surface area contributed by atoms with Gasteiger partial charge in [-0.3, -0.25) is 9.59 Å². The van der Waals surface area contributed by atoms with Crippen LogP contribution in [0.3, 0.4) is 0 Å². The Morgan fingerprint density at radius 2 is 2.04 bits per heavy atom. The van der Waals surface area contributed by atoms with Gasteiger partial charge < -0.3 is 5.32 Å². The number of Topliss-reactive ketones (excluding diaryl/α,β-unsaturated/α-hetero) is 1. The fourth-order valence-corrected chi connectivity index (χ4v) is 4.57. The third-order valence-electron chi connectivity index (χ3n) is 5.04. The maximum atomic E-state index is 13.1. The summed E-state index contributed by atoms with van der Waals surface area (Å²) in [6.45, 7) is 5.93. The molecular formula is C20H18ClN3O2S. The summed E-state index contributed by atoms with van der Waals surface area (Å²) in [7, 11) is 0. The molecule has 0 radical (unpaired) electrons. The number of halogens is 1. The van der Waals surface area contributed by atoms with E-state index in [1.807, 2.05) is 39.0 Å². The minimum atomic E-state index is -0.553. The maximum Gasteiger partial charge on any atom is 0.226 e. The number of carbonyl (C=O) groups is 2. The summed E-state index contributed by atoms with van der Waals surface area (Å²) in [5.74, 6) is -0.248. The van der Waals surface area contributed by atoms with E-state index in [1.54, 1.807) is 16.8 Å². The number of aryl methyl sites for hydroxylation is 2. The van der Waals surface area contributed by atoms with Crippen LogP contribution in [0.1, 0.15) is 44.4 Å². The van der Waals surface area contributed by atoms with Gasteiger partial charge >= 0.3 is 0 Å². The smallest absolute Gasteiger partial charge is 0.226 e. The SMILES string of the molecule is Cc1cccc(-n2nc(C)c3c2NC(=O)C[C@@H]3C(=O)c2ccc(Cl)s2)c1C. The number of thiophene rings is 1. The topological polar surface area (TPSA) is 64.0 Å². The van der Waals surface area contributed by atoms with Gasteiger partial charge in [0, 0.05) is 12.0 Å². The normalized spacial score (nSPS) is 16.1. The van der Waals surface area contributed by atoms with E-state index in [0.29, 0.717) is 15.0 Å².